The lowest BCUT2D eigenvalue weighted by Crippen LogP contribution is -2.44. The van der Waals surface area contributed by atoms with Gasteiger partial charge in [-0.15, -0.1) is 0 Å². The minimum absolute atomic E-state index is 0.398. The highest BCUT2D eigenvalue weighted by Crippen LogP contribution is 2.26. The van der Waals surface area contributed by atoms with E-state index in [1.54, 1.807) is 0 Å². The van der Waals surface area contributed by atoms with E-state index in [4.69, 9.17) is 0 Å². The van der Waals surface area contributed by atoms with Crippen molar-refractivity contribution in [3.05, 3.63) is 35.4 Å². The van der Waals surface area contributed by atoms with Crippen molar-refractivity contribution in [1.29, 1.82) is 5.26 Å². The standard InChI is InChI=1S/C15H21N3/c1-12(8-15(2,11-16)17-3)18-9-13-6-4-5-7-14(13)10-18/h4-7,12,17H,8-10H2,1-3H3. The van der Waals surface area contributed by atoms with E-state index in [9.17, 15) is 5.26 Å². The van der Waals surface area contributed by atoms with Gasteiger partial charge in [0.05, 0.1) is 6.07 Å². The van der Waals surface area contributed by atoms with Gasteiger partial charge in [0.2, 0.25) is 0 Å². The second kappa shape index (κ2) is 5.09. The van der Waals surface area contributed by atoms with Crippen LogP contribution in [0.1, 0.15) is 31.4 Å². The van der Waals surface area contributed by atoms with Crippen molar-refractivity contribution in [3.63, 3.8) is 0 Å². The molecule has 3 nitrogen and oxygen atoms in total. The summed E-state index contributed by atoms with van der Waals surface area (Å²) in [6, 6.07) is 11.4. The first-order valence-corrected chi connectivity index (χ1v) is 6.49. The molecule has 2 atom stereocenters. The molecule has 0 radical (unpaired) electrons. The van der Waals surface area contributed by atoms with Gasteiger partial charge in [0, 0.05) is 19.1 Å². The van der Waals surface area contributed by atoms with Gasteiger partial charge in [0.1, 0.15) is 5.54 Å². The molecule has 1 aromatic rings. The number of nitrogens with zero attached hydrogens (tertiary/aromatic N) is 2. The highest BCUT2D eigenvalue weighted by Gasteiger charge is 2.29. The van der Waals surface area contributed by atoms with Crippen molar-refractivity contribution in [2.45, 2.75) is 44.9 Å². The highest BCUT2D eigenvalue weighted by molar-refractivity contribution is 5.30. The summed E-state index contributed by atoms with van der Waals surface area (Å²) < 4.78 is 0. The summed E-state index contributed by atoms with van der Waals surface area (Å²) in [5.74, 6) is 0. The summed E-state index contributed by atoms with van der Waals surface area (Å²) in [5, 5.41) is 12.3. The van der Waals surface area contributed by atoms with Crippen LogP contribution in [0.4, 0.5) is 0 Å². The normalized spacial score (nSPS) is 19.9. The maximum absolute atomic E-state index is 9.22. The zero-order valence-corrected chi connectivity index (χ0v) is 11.4. The summed E-state index contributed by atoms with van der Waals surface area (Å²) in [7, 11) is 1.86. The van der Waals surface area contributed by atoms with Gasteiger partial charge in [-0.3, -0.25) is 4.90 Å². The largest absolute Gasteiger partial charge is 0.303 e. The zero-order chi connectivity index (χ0) is 13.2. The van der Waals surface area contributed by atoms with E-state index < -0.39 is 5.54 Å². The highest BCUT2D eigenvalue weighted by atomic mass is 15.2. The predicted octanol–water partition coefficient (Wildman–Crippen LogP) is 2.28. The van der Waals surface area contributed by atoms with Gasteiger partial charge < -0.3 is 5.32 Å². The Bertz CT molecular complexity index is 438. The summed E-state index contributed by atoms with van der Waals surface area (Å²) in [6.45, 7) is 6.18. The first-order valence-electron chi connectivity index (χ1n) is 6.49. The number of rotatable bonds is 4. The molecule has 2 unspecified atom stereocenters. The monoisotopic (exact) mass is 243 g/mol. The molecule has 0 saturated carbocycles. The molecule has 1 N–H and O–H groups in total. The van der Waals surface area contributed by atoms with Crippen LogP contribution in [0.25, 0.3) is 0 Å². The molecule has 1 heterocycles. The molecule has 0 saturated heterocycles. The lowest BCUT2D eigenvalue weighted by Gasteiger charge is -2.30. The third-order valence-corrected chi connectivity index (χ3v) is 3.99. The van der Waals surface area contributed by atoms with Gasteiger partial charge in [-0.05, 0) is 38.4 Å². The average molecular weight is 243 g/mol. The van der Waals surface area contributed by atoms with Crippen molar-refractivity contribution in [3.8, 4) is 6.07 Å². The molecule has 0 fully saturated rings. The Balaban J connectivity index is 2.02. The molecule has 96 valence electrons. The maximum atomic E-state index is 9.22. The van der Waals surface area contributed by atoms with Crippen LogP contribution in [0.2, 0.25) is 0 Å². The molecule has 0 bridgehead atoms. The summed E-state index contributed by atoms with van der Waals surface area (Å²) in [6.07, 6.45) is 0.841. The van der Waals surface area contributed by atoms with Crippen LogP contribution in [0.5, 0.6) is 0 Å². The van der Waals surface area contributed by atoms with E-state index in [2.05, 4.69) is 47.5 Å². The Morgan fingerprint density at radius 1 is 1.39 bits per heavy atom. The Labute approximate surface area is 109 Å². The Morgan fingerprint density at radius 3 is 2.39 bits per heavy atom. The van der Waals surface area contributed by atoms with Crippen LogP contribution < -0.4 is 5.32 Å². The van der Waals surface area contributed by atoms with Crippen molar-refractivity contribution in [1.82, 2.24) is 10.2 Å². The first-order chi connectivity index (χ1) is 8.58. The maximum Gasteiger partial charge on any atom is 0.105 e. The molecule has 0 amide bonds. The smallest absolute Gasteiger partial charge is 0.105 e. The number of hydrogen-bond donors (Lipinski definition) is 1. The number of nitriles is 1. The minimum Gasteiger partial charge on any atom is -0.303 e. The molecular formula is C15H21N3. The Hall–Kier alpha value is -1.37. The molecule has 0 spiro atoms. The van der Waals surface area contributed by atoms with E-state index in [1.807, 2.05) is 14.0 Å². The van der Waals surface area contributed by atoms with E-state index in [0.29, 0.717) is 6.04 Å². The third kappa shape index (κ3) is 2.55. The molecule has 1 aromatic carbocycles. The van der Waals surface area contributed by atoms with E-state index in [0.717, 1.165) is 19.5 Å². The zero-order valence-electron chi connectivity index (χ0n) is 11.4. The fourth-order valence-electron chi connectivity index (χ4n) is 2.59. The molecule has 18 heavy (non-hydrogen) atoms. The minimum atomic E-state index is -0.436. The number of fused-ring (bicyclic) bond motifs is 1. The van der Waals surface area contributed by atoms with Crippen LogP contribution in [-0.2, 0) is 13.1 Å². The lowest BCUT2D eigenvalue weighted by atomic mass is 9.95. The molecule has 2 rings (SSSR count). The van der Waals surface area contributed by atoms with Crippen molar-refractivity contribution >= 4 is 0 Å². The van der Waals surface area contributed by atoms with Gasteiger partial charge in [0.15, 0.2) is 0 Å². The molecule has 0 aromatic heterocycles. The molecule has 1 aliphatic rings. The molecule has 0 aliphatic carbocycles. The fraction of sp³-hybridized carbons (Fsp3) is 0.533. The van der Waals surface area contributed by atoms with Crippen molar-refractivity contribution in [2.24, 2.45) is 0 Å². The predicted molar refractivity (Wildman–Crippen MR) is 72.8 cm³/mol. The van der Waals surface area contributed by atoms with Crippen LogP contribution in [0.15, 0.2) is 24.3 Å². The first kappa shape index (κ1) is 13.1. The Morgan fingerprint density at radius 2 is 1.94 bits per heavy atom. The lowest BCUT2D eigenvalue weighted by molar-refractivity contribution is 0.180. The van der Waals surface area contributed by atoms with Crippen molar-refractivity contribution < 1.29 is 0 Å². The second-order valence-corrected chi connectivity index (χ2v) is 5.42. The van der Waals surface area contributed by atoms with Gasteiger partial charge in [-0.2, -0.15) is 5.26 Å². The number of nitrogens with one attached hydrogen (secondary N) is 1. The van der Waals surface area contributed by atoms with E-state index >= 15 is 0 Å². The van der Waals surface area contributed by atoms with Crippen molar-refractivity contribution in [2.75, 3.05) is 7.05 Å². The van der Waals surface area contributed by atoms with E-state index in [-0.39, 0.29) is 0 Å². The topological polar surface area (TPSA) is 39.1 Å². The molecule has 3 heteroatoms. The van der Waals surface area contributed by atoms with Crippen LogP contribution in [0, 0.1) is 11.3 Å². The van der Waals surface area contributed by atoms with Gasteiger partial charge in [-0.25, -0.2) is 0 Å². The van der Waals surface area contributed by atoms with E-state index in [1.165, 1.54) is 11.1 Å². The summed E-state index contributed by atoms with van der Waals surface area (Å²) in [5.41, 5.74) is 2.41. The van der Waals surface area contributed by atoms with Crippen LogP contribution in [0.3, 0.4) is 0 Å². The quantitative estimate of drug-likeness (QED) is 0.882. The van der Waals surface area contributed by atoms with Gasteiger partial charge in [-0.1, -0.05) is 24.3 Å². The average Bonchev–Trinajstić information content (AvgIpc) is 2.82. The summed E-state index contributed by atoms with van der Waals surface area (Å²) in [4.78, 5) is 2.44. The SMILES string of the molecule is CNC(C)(C#N)CC(C)N1Cc2ccccc2C1. The second-order valence-electron chi connectivity index (χ2n) is 5.42. The third-order valence-electron chi connectivity index (χ3n) is 3.99. The summed E-state index contributed by atoms with van der Waals surface area (Å²) >= 11 is 0. The molecular weight excluding hydrogens is 222 g/mol. The molecule has 1 aliphatic heterocycles. The number of benzene rings is 1. The van der Waals surface area contributed by atoms with Crippen LogP contribution in [-0.4, -0.2) is 23.5 Å². The number of hydrogen-bond acceptors (Lipinski definition) is 3. The fourth-order valence-corrected chi connectivity index (χ4v) is 2.59. The van der Waals surface area contributed by atoms with Gasteiger partial charge >= 0.3 is 0 Å². The van der Waals surface area contributed by atoms with Crippen LogP contribution >= 0.6 is 0 Å². The Kier molecular flexibility index (Phi) is 3.70. The van der Waals surface area contributed by atoms with Gasteiger partial charge in [0.25, 0.3) is 0 Å².